The Morgan fingerprint density at radius 1 is 0.882 bits per heavy atom. The van der Waals surface area contributed by atoms with E-state index in [1.54, 1.807) is 48.5 Å². The minimum absolute atomic E-state index is 0.00877. The van der Waals surface area contributed by atoms with Crippen LogP contribution >= 0.6 is 0 Å². The van der Waals surface area contributed by atoms with E-state index in [4.69, 9.17) is 0 Å². The van der Waals surface area contributed by atoms with Crippen molar-refractivity contribution in [1.82, 2.24) is 0 Å². The fourth-order valence-electron chi connectivity index (χ4n) is 3.34. The molecule has 0 saturated heterocycles. The van der Waals surface area contributed by atoms with E-state index in [1.807, 2.05) is 6.92 Å². The van der Waals surface area contributed by atoms with Gasteiger partial charge in [0.25, 0.3) is 16.8 Å². The van der Waals surface area contributed by atoms with Crippen LogP contribution in [0.3, 0.4) is 0 Å². The molecule has 0 spiro atoms. The second-order valence-corrected chi connectivity index (χ2v) is 7.86. The van der Waals surface area contributed by atoms with Crippen molar-refractivity contribution in [3.63, 3.8) is 0 Å². The van der Waals surface area contributed by atoms with E-state index in [2.05, 4.69) is 16.0 Å². The van der Waals surface area contributed by atoms with Gasteiger partial charge in [-0.1, -0.05) is 31.2 Å². The maximum atomic E-state index is 12.4. The summed E-state index contributed by atoms with van der Waals surface area (Å²) < 4.78 is 0. The van der Waals surface area contributed by atoms with Gasteiger partial charge in [-0.3, -0.25) is 19.2 Å². The zero-order valence-electron chi connectivity index (χ0n) is 18.8. The van der Waals surface area contributed by atoms with Crippen molar-refractivity contribution in [2.24, 2.45) is 0 Å². The molecule has 0 fully saturated rings. The molecule has 0 aliphatic heterocycles. The smallest absolute Gasteiger partial charge is 0.326 e. The van der Waals surface area contributed by atoms with Gasteiger partial charge in [0, 0.05) is 29.8 Å². The van der Waals surface area contributed by atoms with Crippen LogP contribution < -0.4 is 26.8 Å². The van der Waals surface area contributed by atoms with Crippen LogP contribution in [0.25, 0.3) is 0 Å². The van der Waals surface area contributed by atoms with Crippen LogP contribution in [0.4, 0.5) is 17.1 Å². The number of rotatable bonds is 11. The first-order chi connectivity index (χ1) is 16.2. The van der Waals surface area contributed by atoms with Gasteiger partial charge in [0.1, 0.15) is 17.4 Å². The molecule has 9 nitrogen and oxygen atoms in total. The second-order valence-electron chi connectivity index (χ2n) is 7.86. The molecule has 0 saturated carbocycles. The van der Waals surface area contributed by atoms with E-state index in [0.717, 1.165) is 6.42 Å². The van der Waals surface area contributed by atoms with E-state index in [1.165, 1.54) is 6.92 Å². The Morgan fingerprint density at radius 2 is 1.47 bits per heavy atom. The lowest BCUT2D eigenvalue weighted by molar-refractivity contribution is -0.137. The summed E-state index contributed by atoms with van der Waals surface area (Å²) >= 11 is 0. The number of amides is 1. The molecule has 3 aromatic rings. The van der Waals surface area contributed by atoms with Gasteiger partial charge in [-0.15, -0.1) is 0 Å². The molecule has 0 aliphatic carbocycles. The predicted octanol–water partition coefficient (Wildman–Crippen LogP) is 2.67. The van der Waals surface area contributed by atoms with Gasteiger partial charge < -0.3 is 21.1 Å². The van der Waals surface area contributed by atoms with Crippen molar-refractivity contribution >= 4 is 34.7 Å². The molecule has 1 amide bonds. The lowest BCUT2D eigenvalue weighted by atomic mass is 10.0. The Balaban J connectivity index is 1.65. The third kappa shape index (κ3) is 5.55. The van der Waals surface area contributed by atoms with Crippen molar-refractivity contribution in [2.75, 3.05) is 22.5 Å². The molecule has 0 unspecified atom stereocenters. The standard InChI is InChI=1S/C25H25N3O6/c1-3-12-26-20-21(23(31)22(20)30)28-19(25(33)34)13-15-4-10-18(11-5-15)27-24(32)17-8-6-16(7-9-17)14(2)29/h4-11,19,26,28H,3,12-13H2,1-2H3,(H,27,32)(H,33,34)/t19-/m0/s1. The topological polar surface area (TPSA) is 142 Å². The molecule has 176 valence electrons. The second kappa shape index (κ2) is 10.6. The van der Waals surface area contributed by atoms with Crippen LogP contribution in [-0.2, 0) is 11.2 Å². The van der Waals surface area contributed by atoms with Gasteiger partial charge >= 0.3 is 5.97 Å². The number of benzene rings is 2. The summed E-state index contributed by atoms with van der Waals surface area (Å²) in [4.78, 5) is 59.2. The zero-order chi connectivity index (χ0) is 24.8. The number of hydrogen-bond acceptors (Lipinski definition) is 7. The lowest BCUT2D eigenvalue weighted by Gasteiger charge is -2.20. The van der Waals surface area contributed by atoms with E-state index in [0.29, 0.717) is 28.9 Å². The summed E-state index contributed by atoms with van der Waals surface area (Å²) in [5, 5.41) is 17.9. The molecule has 0 heterocycles. The number of aliphatic carboxylic acids is 1. The van der Waals surface area contributed by atoms with E-state index >= 15 is 0 Å². The SMILES string of the molecule is CCCNc1c(N[C@@H](Cc2ccc(NC(=O)c3ccc(C(C)=O)cc3)cc2)C(=O)O)c(=O)c1=O. The summed E-state index contributed by atoms with van der Waals surface area (Å²) in [6.45, 7) is 3.84. The molecule has 0 radical (unpaired) electrons. The Hall–Kier alpha value is -4.27. The number of nitrogens with one attached hydrogen (secondary N) is 3. The van der Waals surface area contributed by atoms with Crippen molar-refractivity contribution in [1.29, 1.82) is 0 Å². The predicted molar refractivity (Wildman–Crippen MR) is 130 cm³/mol. The quantitative estimate of drug-likeness (QED) is 0.251. The summed E-state index contributed by atoms with van der Waals surface area (Å²) in [6.07, 6.45) is 0.801. The van der Waals surface area contributed by atoms with Gasteiger partial charge in [0.15, 0.2) is 5.78 Å². The summed E-state index contributed by atoms with van der Waals surface area (Å²) in [5.74, 6) is -1.60. The summed E-state index contributed by atoms with van der Waals surface area (Å²) in [5.41, 5.74) is 0.792. The molecule has 0 aromatic heterocycles. The maximum absolute atomic E-state index is 12.4. The molecule has 3 rings (SSSR count). The molecule has 0 bridgehead atoms. The average Bonchev–Trinajstić information content (AvgIpc) is 2.83. The number of carbonyl (C=O) groups excluding carboxylic acids is 2. The molecular weight excluding hydrogens is 438 g/mol. The van der Waals surface area contributed by atoms with Crippen LogP contribution in [0.5, 0.6) is 0 Å². The highest BCUT2D eigenvalue weighted by atomic mass is 16.4. The number of Topliss-reactive ketones (excluding diaryl/α,β-unsaturated/α-hetero) is 1. The van der Waals surface area contributed by atoms with Crippen molar-refractivity contribution in [3.8, 4) is 0 Å². The number of anilines is 3. The van der Waals surface area contributed by atoms with Gasteiger partial charge in [0.05, 0.1) is 0 Å². The minimum atomic E-state index is -1.17. The van der Waals surface area contributed by atoms with E-state index < -0.39 is 22.9 Å². The number of carbonyl (C=O) groups is 3. The van der Waals surface area contributed by atoms with Gasteiger partial charge in [-0.25, -0.2) is 4.79 Å². The van der Waals surface area contributed by atoms with E-state index in [-0.39, 0.29) is 29.5 Å². The molecule has 3 aromatic carbocycles. The number of hydrogen-bond donors (Lipinski definition) is 4. The molecule has 34 heavy (non-hydrogen) atoms. The van der Waals surface area contributed by atoms with Crippen molar-refractivity contribution < 1.29 is 19.5 Å². The number of carboxylic acid groups (broad SMARTS) is 1. The van der Waals surface area contributed by atoms with Crippen molar-refractivity contribution in [2.45, 2.75) is 32.7 Å². The van der Waals surface area contributed by atoms with Crippen LogP contribution in [0, 0.1) is 0 Å². The Bertz CT molecular complexity index is 1270. The highest BCUT2D eigenvalue weighted by Crippen LogP contribution is 2.19. The highest BCUT2D eigenvalue weighted by Gasteiger charge is 2.26. The lowest BCUT2D eigenvalue weighted by Crippen LogP contribution is -2.42. The first-order valence-electron chi connectivity index (χ1n) is 10.8. The first kappa shape index (κ1) is 24.4. The van der Waals surface area contributed by atoms with Crippen LogP contribution in [0.1, 0.15) is 46.5 Å². The number of ketones is 1. The number of carboxylic acids is 1. The Morgan fingerprint density at radius 3 is 2.03 bits per heavy atom. The van der Waals surface area contributed by atoms with Crippen molar-refractivity contribution in [3.05, 3.63) is 85.7 Å². The maximum Gasteiger partial charge on any atom is 0.326 e. The molecular formula is C25H25N3O6. The largest absolute Gasteiger partial charge is 0.480 e. The summed E-state index contributed by atoms with van der Waals surface area (Å²) in [7, 11) is 0. The van der Waals surface area contributed by atoms with Crippen LogP contribution in [0.15, 0.2) is 58.1 Å². The minimum Gasteiger partial charge on any atom is -0.480 e. The Labute approximate surface area is 195 Å². The van der Waals surface area contributed by atoms with Gasteiger partial charge in [0.2, 0.25) is 0 Å². The van der Waals surface area contributed by atoms with E-state index in [9.17, 15) is 29.1 Å². The van der Waals surface area contributed by atoms with Gasteiger partial charge in [-0.2, -0.15) is 0 Å². The molecule has 1 atom stereocenters. The summed E-state index contributed by atoms with van der Waals surface area (Å²) in [6, 6.07) is 11.8. The third-order valence-electron chi connectivity index (χ3n) is 5.28. The normalized spacial score (nSPS) is 11.6. The molecule has 4 N–H and O–H groups in total. The van der Waals surface area contributed by atoms with Crippen LogP contribution in [0.2, 0.25) is 0 Å². The fourth-order valence-corrected chi connectivity index (χ4v) is 3.34. The average molecular weight is 463 g/mol. The van der Waals surface area contributed by atoms with Gasteiger partial charge in [-0.05, 0) is 43.2 Å². The fraction of sp³-hybridized carbons (Fsp3) is 0.240. The monoisotopic (exact) mass is 463 g/mol. The first-order valence-corrected chi connectivity index (χ1v) is 10.8. The zero-order valence-corrected chi connectivity index (χ0v) is 18.8. The Kier molecular flexibility index (Phi) is 7.57. The molecule has 9 heteroatoms. The third-order valence-corrected chi connectivity index (χ3v) is 5.28. The molecule has 0 aliphatic rings. The highest BCUT2D eigenvalue weighted by molar-refractivity contribution is 6.05. The van der Waals surface area contributed by atoms with Crippen LogP contribution in [-0.4, -0.2) is 35.4 Å².